The Hall–Kier alpha value is -3.08. The van der Waals surface area contributed by atoms with Gasteiger partial charge in [-0.25, -0.2) is 9.69 Å². The zero-order valence-corrected chi connectivity index (χ0v) is 14.6. The van der Waals surface area contributed by atoms with Gasteiger partial charge in [-0.05, 0) is 35.7 Å². The Bertz CT molecular complexity index is 907. The summed E-state index contributed by atoms with van der Waals surface area (Å²) >= 11 is 0. The van der Waals surface area contributed by atoms with E-state index in [1.165, 1.54) is 4.90 Å². The molecular formula is C21H20N2O3. The number of para-hydroxylation sites is 1. The Balaban J connectivity index is 1.84. The van der Waals surface area contributed by atoms with E-state index in [2.05, 4.69) is 6.58 Å². The van der Waals surface area contributed by atoms with Gasteiger partial charge in [0.1, 0.15) is 11.8 Å². The molecule has 26 heavy (non-hydrogen) atoms. The predicted molar refractivity (Wildman–Crippen MR) is 99.9 cm³/mol. The number of hydrogen-bond acceptors (Lipinski definition) is 3. The SMILES string of the molecule is C=Cc1c(O)ccc2c1C[C@H]1C(=O)N(c3ccccc3)C(=O)N1C2CC. The van der Waals surface area contributed by atoms with Gasteiger partial charge in [-0.15, -0.1) is 0 Å². The van der Waals surface area contributed by atoms with Crippen LogP contribution in [0.15, 0.2) is 49.0 Å². The van der Waals surface area contributed by atoms with E-state index in [1.54, 1.807) is 29.2 Å². The number of fused-ring (bicyclic) bond motifs is 2. The van der Waals surface area contributed by atoms with E-state index in [4.69, 9.17) is 0 Å². The predicted octanol–water partition coefficient (Wildman–Crippen LogP) is 3.88. The fourth-order valence-corrected chi connectivity index (χ4v) is 4.16. The second-order valence-electron chi connectivity index (χ2n) is 6.61. The molecule has 1 fully saturated rings. The van der Waals surface area contributed by atoms with Gasteiger partial charge in [-0.2, -0.15) is 0 Å². The van der Waals surface area contributed by atoms with Crippen molar-refractivity contribution in [2.75, 3.05) is 4.90 Å². The van der Waals surface area contributed by atoms with Crippen LogP contribution in [0.4, 0.5) is 10.5 Å². The molecule has 0 bridgehead atoms. The molecule has 2 aromatic rings. The molecule has 0 aliphatic carbocycles. The molecule has 3 amide bonds. The lowest BCUT2D eigenvalue weighted by Crippen LogP contribution is -2.43. The monoisotopic (exact) mass is 348 g/mol. The van der Waals surface area contributed by atoms with Crippen LogP contribution in [0.5, 0.6) is 5.75 Å². The van der Waals surface area contributed by atoms with Crippen LogP contribution in [-0.4, -0.2) is 28.0 Å². The van der Waals surface area contributed by atoms with Crippen LogP contribution in [0.2, 0.25) is 0 Å². The second kappa shape index (κ2) is 6.02. The third-order valence-corrected chi connectivity index (χ3v) is 5.32. The maximum atomic E-state index is 13.1. The van der Waals surface area contributed by atoms with Crippen molar-refractivity contribution in [1.29, 1.82) is 0 Å². The van der Waals surface area contributed by atoms with Gasteiger partial charge in [0.25, 0.3) is 5.91 Å². The van der Waals surface area contributed by atoms with Crippen molar-refractivity contribution in [3.63, 3.8) is 0 Å². The van der Waals surface area contributed by atoms with Gasteiger partial charge in [0.15, 0.2) is 0 Å². The fourth-order valence-electron chi connectivity index (χ4n) is 4.16. The quantitative estimate of drug-likeness (QED) is 0.856. The summed E-state index contributed by atoms with van der Waals surface area (Å²) in [6.07, 6.45) is 2.69. The number of amides is 3. The molecule has 0 saturated carbocycles. The number of anilines is 1. The first-order valence-corrected chi connectivity index (χ1v) is 8.77. The van der Waals surface area contributed by atoms with Crippen molar-refractivity contribution >= 4 is 23.7 Å². The average Bonchev–Trinajstić information content (AvgIpc) is 2.91. The van der Waals surface area contributed by atoms with Gasteiger partial charge in [0.05, 0.1) is 11.7 Å². The molecule has 0 spiro atoms. The smallest absolute Gasteiger partial charge is 0.332 e. The van der Waals surface area contributed by atoms with Crippen molar-refractivity contribution in [3.05, 3.63) is 65.7 Å². The maximum absolute atomic E-state index is 13.1. The van der Waals surface area contributed by atoms with Gasteiger partial charge in [-0.1, -0.05) is 43.8 Å². The molecule has 0 radical (unpaired) electrons. The van der Waals surface area contributed by atoms with Gasteiger partial charge < -0.3 is 10.0 Å². The van der Waals surface area contributed by atoms with Gasteiger partial charge in [0, 0.05) is 12.0 Å². The summed E-state index contributed by atoms with van der Waals surface area (Å²) in [6, 6.07) is 11.5. The number of phenolic OH excluding ortho intramolecular Hbond substituents is 1. The number of carbonyl (C=O) groups excluding carboxylic acids is 2. The molecule has 1 N–H and O–H groups in total. The van der Waals surface area contributed by atoms with Crippen LogP contribution < -0.4 is 4.90 Å². The fraction of sp³-hybridized carbons (Fsp3) is 0.238. The van der Waals surface area contributed by atoms with Crippen LogP contribution in [0.3, 0.4) is 0 Å². The third-order valence-electron chi connectivity index (χ3n) is 5.32. The summed E-state index contributed by atoms with van der Waals surface area (Å²) in [5.74, 6) is -0.0672. The molecule has 2 aliphatic heterocycles. The first-order valence-electron chi connectivity index (χ1n) is 8.77. The second-order valence-corrected chi connectivity index (χ2v) is 6.61. The first kappa shape index (κ1) is 16.4. The van der Waals surface area contributed by atoms with Crippen molar-refractivity contribution in [2.24, 2.45) is 0 Å². The molecule has 0 aromatic heterocycles. The molecule has 2 aliphatic rings. The number of aromatic hydroxyl groups is 1. The van der Waals surface area contributed by atoms with Crippen LogP contribution in [0.1, 0.15) is 36.1 Å². The van der Waals surface area contributed by atoms with Crippen molar-refractivity contribution in [3.8, 4) is 5.75 Å². The zero-order chi connectivity index (χ0) is 18.4. The molecule has 2 heterocycles. The lowest BCUT2D eigenvalue weighted by molar-refractivity contribution is -0.120. The number of nitrogens with zero attached hydrogens (tertiary/aromatic N) is 2. The molecule has 1 saturated heterocycles. The lowest BCUT2D eigenvalue weighted by atomic mass is 9.84. The third kappa shape index (κ3) is 2.17. The number of benzene rings is 2. The Labute approximate surface area is 152 Å². The van der Waals surface area contributed by atoms with Crippen LogP contribution in [-0.2, 0) is 11.2 Å². The number of hydrogen-bond donors (Lipinski definition) is 1. The minimum Gasteiger partial charge on any atom is -0.507 e. The molecule has 4 rings (SSSR count). The van der Waals surface area contributed by atoms with E-state index >= 15 is 0 Å². The minimum atomic E-state index is -0.555. The number of phenols is 1. The lowest BCUT2D eigenvalue weighted by Gasteiger charge is -2.37. The van der Waals surface area contributed by atoms with Crippen molar-refractivity contribution in [2.45, 2.75) is 31.8 Å². The molecule has 132 valence electrons. The van der Waals surface area contributed by atoms with E-state index in [-0.39, 0.29) is 23.7 Å². The van der Waals surface area contributed by atoms with Gasteiger partial charge in [0.2, 0.25) is 0 Å². The highest BCUT2D eigenvalue weighted by atomic mass is 16.3. The summed E-state index contributed by atoms with van der Waals surface area (Å²) in [5, 5.41) is 10.2. The minimum absolute atomic E-state index is 0.152. The average molecular weight is 348 g/mol. The standard InChI is InChI=1S/C21H20N2O3/c1-3-14-16-12-18-20(25)22(13-8-6-5-7-9-13)21(26)23(18)17(4-2)15(16)10-11-19(14)24/h3,5-11,17-18,24H,1,4,12H2,2H3/t17?,18-/m0/s1. The highest BCUT2D eigenvalue weighted by Gasteiger charge is 2.51. The van der Waals surface area contributed by atoms with E-state index in [0.717, 1.165) is 11.1 Å². The summed E-state index contributed by atoms with van der Waals surface area (Å²) in [6.45, 7) is 5.80. The number of urea groups is 1. The normalized spacial score (nSPS) is 21.6. The van der Waals surface area contributed by atoms with Crippen LogP contribution in [0, 0.1) is 0 Å². The summed E-state index contributed by atoms with van der Waals surface area (Å²) in [5.41, 5.74) is 3.12. The number of carbonyl (C=O) groups is 2. The Morgan fingerprint density at radius 3 is 2.58 bits per heavy atom. The van der Waals surface area contributed by atoms with E-state index < -0.39 is 6.04 Å². The molecule has 5 heteroatoms. The molecular weight excluding hydrogens is 328 g/mol. The van der Waals surface area contributed by atoms with E-state index in [0.29, 0.717) is 24.1 Å². The molecule has 5 nitrogen and oxygen atoms in total. The van der Waals surface area contributed by atoms with E-state index in [1.807, 2.05) is 31.2 Å². The van der Waals surface area contributed by atoms with Crippen LogP contribution >= 0.6 is 0 Å². The summed E-state index contributed by atoms with van der Waals surface area (Å²) in [7, 11) is 0. The highest BCUT2D eigenvalue weighted by molar-refractivity contribution is 6.21. The number of imide groups is 1. The van der Waals surface area contributed by atoms with Crippen molar-refractivity contribution < 1.29 is 14.7 Å². The highest BCUT2D eigenvalue weighted by Crippen LogP contribution is 2.43. The zero-order valence-electron chi connectivity index (χ0n) is 14.6. The summed E-state index contributed by atoms with van der Waals surface area (Å²) < 4.78 is 0. The maximum Gasteiger partial charge on any atom is 0.332 e. The number of rotatable bonds is 3. The molecule has 1 unspecified atom stereocenters. The van der Waals surface area contributed by atoms with E-state index in [9.17, 15) is 14.7 Å². The Morgan fingerprint density at radius 2 is 1.92 bits per heavy atom. The molecule has 2 aromatic carbocycles. The summed E-state index contributed by atoms with van der Waals surface area (Å²) in [4.78, 5) is 29.2. The molecule has 2 atom stereocenters. The Kier molecular flexibility index (Phi) is 3.80. The van der Waals surface area contributed by atoms with Gasteiger partial charge >= 0.3 is 6.03 Å². The topological polar surface area (TPSA) is 60.9 Å². The first-order chi connectivity index (χ1) is 12.6. The Morgan fingerprint density at radius 1 is 1.19 bits per heavy atom. The largest absolute Gasteiger partial charge is 0.507 e. The van der Waals surface area contributed by atoms with Crippen LogP contribution in [0.25, 0.3) is 6.08 Å². The van der Waals surface area contributed by atoms with Gasteiger partial charge in [-0.3, -0.25) is 4.79 Å². The van der Waals surface area contributed by atoms with Crippen molar-refractivity contribution in [1.82, 2.24) is 4.90 Å².